The first-order chi connectivity index (χ1) is 16.2. The van der Waals surface area contributed by atoms with E-state index in [1.54, 1.807) is 6.07 Å². The van der Waals surface area contributed by atoms with Crippen LogP contribution in [0.1, 0.15) is 38.2 Å². The van der Waals surface area contributed by atoms with E-state index in [1.807, 2.05) is 34.6 Å². The van der Waals surface area contributed by atoms with Gasteiger partial charge in [0, 0.05) is 28.0 Å². The van der Waals surface area contributed by atoms with Crippen molar-refractivity contribution in [3.05, 3.63) is 94.8 Å². The molecule has 0 amide bonds. The van der Waals surface area contributed by atoms with Crippen LogP contribution in [-0.2, 0) is 6.54 Å². The van der Waals surface area contributed by atoms with E-state index in [-0.39, 0.29) is 5.56 Å². The van der Waals surface area contributed by atoms with Gasteiger partial charge >= 0.3 is 0 Å². The molecule has 0 spiro atoms. The largest absolute Gasteiger partial charge is 0.340 e. The van der Waals surface area contributed by atoms with Crippen molar-refractivity contribution in [3.8, 4) is 11.3 Å². The Morgan fingerprint density at radius 3 is 2.45 bits per heavy atom. The molecule has 1 N–H and O–H groups in total. The predicted octanol–water partition coefficient (Wildman–Crippen LogP) is 7.07. The first-order valence-electron chi connectivity index (χ1n) is 11.8. The molecular weight excluding hydrogens is 426 g/mol. The number of nitrogens with zero attached hydrogens (tertiary/aromatic N) is 2. The molecule has 3 aromatic carbocycles. The van der Waals surface area contributed by atoms with E-state index in [0.717, 1.165) is 23.4 Å². The van der Waals surface area contributed by atoms with Gasteiger partial charge in [0.2, 0.25) is 0 Å². The molecule has 1 aromatic heterocycles. The van der Waals surface area contributed by atoms with E-state index in [2.05, 4.69) is 71.5 Å². The van der Waals surface area contributed by atoms with E-state index >= 15 is 0 Å². The topological polar surface area (TPSA) is 41.0 Å². The van der Waals surface area contributed by atoms with Crippen LogP contribution in [0.5, 0.6) is 0 Å². The molecule has 0 atom stereocenters. The number of fused-ring (bicyclic) bond motifs is 2. The maximum Gasteiger partial charge on any atom is 0.264 e. The van der Waals surface area contributed by atoms with Gasteiger partial charge in [-0.25, -0.2) is 0 Å². The summed E-state index contributed by atoms with van der Waals surface area (Å²) in [7, 11) is 0. The molecule has 0 fully saturated rings. The molecule has 168 valence electrons. The second-order valence-corrected chi connectivity index (χ2v) is 9.63. The number of unbranched alkanes of at least 4 members (excludes halogenated alkanes) is 3. The summed E-state index contributed by atoms with van der Waals surface area (Å²) < 4.78 is 1.95. The van der Waals surface area contributed by atoms with Crippen LogP contribution in [0.15, 0.2) is 93.4 Å². The minimum atomic E-state index is -0.0748. The predicted molar refractivity (Wildman–Crippen MR) is 138 cm³/mol. The molecule has 2 heterocycles. The summed E-state index contributed by atoms with van der Waals surface area (Å²) in [5, 5.41) is 2.98. The second kappa shape index (κ2) is 9.75. The third-order valence-corrected chi connectivity index (χ3v) is 7.26. The first kappa shape index (κ1) is 21.7. The molecule has 0 aliphatic carbocycles. The number of aromatic nitrogens is 2. The van der Waals surface area contributed by atoms with Crippen molar-refractivity contribution in [1.82, 2.24) is 9.78 Å². The maximum absolute atomic E-state index is 12.3. The molecule has 0 unspecified atom stereocenters. The Bertz CT molecular complexity index is 1290. The van der Waals surface area contributed by atoms with Gasteiger partial charge in [-0.15, -0.1) is 0 Å². The molecule has 33 heavy (non-hydrogen) atoms. The molecule has 0 radical (unpaired) electrons. The normalized spacial score (nSPS) is 12.5. The lowest BCUT2D eigenvalue weighted by atomic mass is 10.1. The highest BCUT2D eigenvalue weighted by molar-refractivity contribution is 7.99. The van der Waals surface area contributed by atoms with Gasteiger partial charge in [-0.05, 0) is 36.2 Å². The monoisotopic (exact) mass is 455 g/mol. The molecule has 0 saturated heterocycles. The minimum Gasteiger partial charge on any atom is -0.340 e. The van der Waals surface area contributed by atoms with E-state index in [0.29, 0.717) is 6.54 Å². The lowest BCUT2D eigenvalue weighted by Crippen LogP contribution is -2.22. The van der Waals surface area contributed by atoms with Gasteiger partial charge in [-0.2, -0.15) is 0 Å². The number of rotatable bonds is 8. The zero-order chi connectivity index (χ0) is 22.6. The van der Waals surface area contributed by atoms with E-state index in [4.69, 9.17) is 0 Å². The highest BCUT2D eigenvalue weighted by atomic mass is 32.2. The first-order valence-corrected chi connectivity index (χ1v) is 12.6. The highest BCUT2D eigenvalue weighted by Crippen LogP contribution is 2.49. The molecule has 4 nitrogen and oxygen atoms in total. The number of nitrogens with one attached hydrogen (secondary N) is 1. The Morgan fingerprint density at radius 2 is 1.61 bits per heavy atom. The number of anilines is 2. The fourth-order valence-electron chi connectivity index (χ4n) is 4.49. The third kappa shape index (κ3) is 4.64. The van der Waals surface area contributed by atoms with Crippen LogP contribution in [0.25, 0.3) is 11.3 Å². The van der Waals surface area contributed by atoms with Crippen LogP contribution in [-0.4, -0.2) is 16.3 Å². The standard InChI is InChI=1S/C28H29N3OS/c1-2-3-4-10-17-30-23-13-8-9-14-26(23)33-27-18-22(15-16-24(27)30)25-19-28(32)29-31(25)20-21-11-6-5-7-12-21/h5-9,11-16,18-19H,2-4,10,17,20H2,1H3,(H,29,32). The van der Waals surface area contributed by atoms with Crippen molar-refractivity contribution in [3.63, 3.8) is 0 Å². The van der Waals surface area contributed by atoms with Gasteiger partial charge in [-0.1, -0.05) is 86.5 Å². The lowest BCUT2D eigenvalue weighted by molar-refractivity contribution is 0.665. The van der Waals surface area contributed by atoms with Crippen LogP contribution in [0.3, 0.4) is 0 Å². The van der Waals surface area contributed by atoms with E-state index < -0.39 is 0 Å². The Hall–Kier alpha value is -3.18. The van der Waals surface area contributed by atoms with E-state index in [1.165, 1.54) is 46.8 Å². The van der Waals surface area contributed by atoms with E-state index in [9.17, 15) is 4.79 Å². The van der Waals surface area contributed by atoms with Gasteiger partial charge in [0.15, 0.2) is 0 Å². The molecule has 5 rings (SSSR count). The summed E-state index contributed by atoms with van der Waals surface area (Å²) in [4.78, 5) is 17.3. The summed E-state index contributed by atoms with van der Waals surface area (Å²) in [5.41, 5.74) is 5.61. The van der Waals surface area contributed by atoms with Gasteiger partial charge in [0.25, 0.3) is 5.56 Å². The molecule has 4 aromatic rings. The van der Waals surface area contributed by atoms with Gasteiger partial charge in [0.1, 0.15) is 0 Å². The molecule has 1 aliphatic rings. The third-order valence-electron chi connectivity index (χ3n) is 6.14. The number of hydrogen-bond donors (Lipinski definition) is 1. The van der Waals surface area contributed by atoms with Crippen molar-refractivity contribution in [2.24, 2.45) is 0 Å². The van der Waals surface area contributed by atoms with Gasteiger partial charge < -0.3 is 4.90 Å². The number of hydrogen-bond acceptors (Lipinski definition) is 3. The van der Waals surface area contributed by atoms with Crippen molar-refractivity contribution in [1.29, 1.82) is 0 Å². The van der Waals surface area contributed by atoms with Crippen molar-refractivity contribution < 1.29 is 0 Å². The Balaban J connectivity index is 1.49. The quantitative estimate of drug-likeness (QED) is 0.289. The van der Waals surface area contributed by atoms with Crippen LogP contribution in [0.4, 0.5) is 11.4 Å². The van der Waals surface area contributed by atoms with Crippen molar-refractivity contribution in [2.45, 2.75) is 48.9 Å². The maximum atomic E-state index is 12.3. The Kier molecular flexibility index (Phi) is 6.40. The lowest BCUT2D eigenvalue weighted by Gasteiger charge is -2.33. The SMILES string of the molecule is CCCCCCN1c2ccccc2Sc2cc(-c3cc(=O)[nH]n3Cc3ccccc3)ccc21. The molecular formula is C28H29N3OS. The molecule has 0 bridgehead atoms. The summed E-state index contributed by atoms with van der Waals surface area (Å²) in [6, 6.07) is 27.2. The second-order valence-electron chi connectivity index (χ2n) is 8.54. The Morgan fingerprint density at radius 1 is 0.818 bits per heavy atom. The van der Waals surface area contributed by atoms with Crippen molar-refractivity contribution >= 4 is 23.1 Å². The minimum absolute atomic E-state index is 0.0748. The van der Waals surface area contributed by atoms with Gasteiger partial charge in [0.05, 0.1) is 23.6 Å². The number of benzene rings is 3. The van der Waals surface area contributed by atoms with Crippen LogP contribution in [0, 0.1) is 0 Å². The van der Waals surface area contributed by atoms with Crippen LogP contribution in [0.2, 0.25) is 0 Å². The number of aromatic amines is 1. The summed E-state index contributed by atoms with van der Waals surface area (Å²) >= 11 is 1.82. The summed E-state index contributed by atoms with van der Waals surface area (Å²) in [5.74, 6) is 0. The molecule has 0 saturated carbocycles. The molecule has 5 heteroatoms. The highest BCUT2D eigenvalue weighted by Gasteiger charge is 2.23. The zero-order valence-electron chi connectivity index (χ0n) is 19.0. The average Bonchev–Trinajstić information content (AvgIpc) is 3.21. The Labute approximate surface area is 199 Å². The van der Waals surface area contributed by atoms with Crippen LogP contribution >= 0.6 is 11.8 Å². The van der Waals surface area contributed by atoms with Crippen LogP contribution < -0.4 is 10.5 Å². The molecule has 1 aliphatic heterocycles. The number of para-hydroxylation sites is 1. The van der Waals surface area contributed by atoms with Gasteiger partial charge in [-0.3, -0.25) is 14.6 Å². The average molecular weight is 456 g/mol. The number of H-pyrrole nitrogens is 1. The fourth-order valence-corrected chi connectivity index (χ4v) is 5.62. The zero-order valence-corrected chi connectivity index (χ0v) is 19.8. The fraction of sp³-hybridized carbons (Fsp3) is 0.250. The summed E-state index contributed by atoms with van der Waals surface area (Å²) in [6.07, 6.45) is 4.96. The summed E-state index contributed by atoms with van der Waals surface area (Å²) in [6.45, 7) is 3.91. The van der Waals surface area contributed by atoms with Crippen molar-refractivity contribution in [2.75, 3.05) is 11.4 Å². The smallest absolute Gasteiger partial charge is 0.264 e.